The SMILES string of the molecule is CS(=O)(=O)O.Cc1cnc2c(c1)cc1c3c(cc([N+](=O)[O-])cc32)C(=O)N([C@H](C)CNC[C@@H](C)NC[C@@H](C)N2C(=O)c3cc([N+](=O)[O-])cc4c3c(cc3cc(C)cnc34)C2=O)C1=O. The fourth-order valence-electron chi connectivity index (χ4n) is 8.04. The van der Waals surface area contributed by atoms with Gasteiger partial charge in [-0.05, 0) is 70.0 Å². The molecule has 0 bridgehead atoms. The molecule has 62 heavy (non-hydrogen) atoms. The normalized spacial score (nSPS) is 15.3. The summed E-state index contributed by atoms with van der Waals surface area (Å²) in [5, 5.41) is 33.1. The molecule has 0 aliphatic carbocycles. The molecule has 2 aliphatic rings. The van der Waals surface area contributed by atoms with Crippen LogP contribution < -0.4 is 10.6 Å². The van der Waals surface area contributed by atoms with E-state index >= 15 is 0 Å². The molecule has 0 spiro atoms. The third-order valence-electron chi connectivity index (χ3n) is 10.8. The number of nitro benzene ring substituents is 2. The van der Waals surface area contributed by atoms with Gasteiger partial charge in [0.1, 0.15) is 0 Å². The van der Waals surface area contributed by atoms with Crippen LogP contribution in [0, 0.1) is 34.1 Å². The Balaban J connectivity index is 0.00000109. The molecule has 0 radical (unpaired) electrons. The number of benzene rings is 4. The van der Waals surface area contributed by atoms with Crippen LogP contribution in [0.4, 0.5) is 11.4 Å². The van der Waals surface area contributed by atoms with E-state index in [0.29, 0.717) is 56.2 Å². The minimum atomic E-state index is -3.67. The highest BCUT2D eigenvalue weighted by Gasteiger charge is 2.39. The van der Waals surface area contributed by atoms with Crippen LogP contribution in [0.3, 0.4) is 0 Å². The number of nitrogens with one attached hydrogen (secondary N) is 2. The van der Waals surface area contributed by atoms with Gasteiger partial charge in [-0.1, -0.05) is 0 Å². The van der Waals surface area contributed by atoms with Crippen molar-refractivity contribution in [3.05, 3.63) is 115 Å². The molecule has 4 aromatic carbocycles. The summed E-state index contributed by atoms with van der Waals surface area (Å²) < 4.78 is 25.9. The zero-order chi connectivity index (χ0) is 45.1. The summed E-state index contributed by atoms with van der Waals surface area (Å²) >= 11 is 0. The number of aryl methyl sites for hydroxylation is 2. The molecule has 8 rings (SSSR count). The highest BCUT2D eigenvalue weighted by Crippen LogP contribution is 2.40. The largest absolute Gasteiger partial charge is 0.313 e. The quantitative estimate of drug-likeness (QED) is 0.0493. The lowest BCUT2D eigenvalue weighted by atomic mass is 9.90. The van der Waals surface area contributed by atoms with Crippen LogP contribution in [0.25, 0.3) is 43.4 Å². The van der Waals surface area contributed by atoms with E-state index in [0.717, 1.165) is 20.9 Å². The number of fused-ring (bicyclic) bond motifs is 4. The van der Waals surface area contributed by atoms with E-state index in [9.17, 15) is 47.8 Å². The number of nitrogens with zero attached hydrogens (tertiary/aromatic N) is 6. The average Bonchev–Trinajstić information content (AvgIpc) is 3.19. The molecule has 4 heterocycles. The minimum absolute atomic E-state index is 0.0591. The molecule has 6 aromatic rings. The molecular formula is C42H40N8O11S. The van der Waals surface area contributed by atoms with Crippen LogP contribution in [0.2, 0.25) is 0 Å². The Labute approximate surface area is 353 Å². The predicted octanol–water partition coefficient (Wildman–Crippen LogP) is 5.26. The van der Waals surface area contributed by atoms with E-state index in [1.54, 1.807) is 38.4 Å². The van der Waals surface area contributed by atoms with Crippen molar-refractivity contribution in [2.75, 3.05) is 25.9 Å². The maximum Gasteiger partial charge on any atom is 0.270 e. The first kappa shape index (κ1) is 43.2. The number of aromatic nitrogens is 2. The van der Waals surface area contributed by atoms with Crippen molar-refractivity contribution in [1.82, 2.24) is 30.4 Å². The Morgan fingerprint density at radius 2 is 1.02 bits per heavy atom. The Kier molecular flexibility index (Phi) is 11.3. The zero-order valence-electron chi connectivity index (χ0n) is 34.2. The van der Waals surface area contributed by atoms with Gasteiger partial charge >= 0.3 is 0 Å². The first-order chi connectivity index (χ1) is 29.1. The summed E-state index contributed by atoms with van der Waals surface area (Å²) in [6, 6.07) is 10.7. The van der Waals surface area contributed by atoms with Gasteiger partial charge in [0.15, 0.2) is 0 Å². The van der Waals surface area contributed by atoms with Crippen molar-refractivity contribution in [1.29, 1.82) is 0 Å². The van der Waals surface area contributed by atoms with Gasteiger partial charge in [-0.25, -0.2) is 0 Å². The molecule has 19 nitrogen and oxygen atoms in total. The molecule has 0 unspecified atom stereocenters. The maximum absolute atomic E-state index is 14.0. The predicted molar refractivity (Wildman–Crippen MR) is 229 cm³/mol. The van der Waals surface area contributed by atoms with Crippen molar-refractivity contribution in [3.8, 4) is 0 Å². The number of carbonyl (C=O) groups excluding carboxylic acids is 4. The van der Waals surface area contributed by atoms with Crippen molar-refractivity contribution in [2.45, 2.75) is 52.7 Å². The van der Waals surface area contributed by atoms with Crippen LogP contribution in [-0.2, 0) is 10.1 Å². The minimum Gasteiger partial charge on any atom is -0.313 e. The van der Waals surface area contributed by atoms with Gasteiger partial charge in [0.05, 0.1) is 38.3 Å². The molecule has 2 aliphatic heterocycles. The molecule has 20 heteroatoms. The van der Waals surface area contributed by atoms with Gasteiger partial charge in [0, 0.05) is 118 Å². The number of amides is 4. The Bertz CT molecular complexity index is 3080. The molecule has 3 N–H and O–H groups in total. The van der Waals surface area contributed by atoms with Crippen LogP contribution in [-0.4, -0.2) is 110 Å². The van der Waals surface area contributed by atoms with Gasteiger partial charge in [0.2, 0.25) is 0 Å². The Hall–Kier alpha value is -6.87. The highest BCUT2D eigenvalue weighted by molar-refractivity contribution is 7.85. The second-order valence-corrected chi connectivity index (χ2v) is 17.2. The number of nitro groups is 2. The average molecular weight is 865 g/mol. The number of carbonyl (C=O) groups is 4. The van der Waals surface area contributed by atoms with Crippen LogP contribution in [0.15, 0.2) is 60.9 Å². The molecule has 4 amide bonds. The maximum atomic E-state index is 14.0. The van der Waals surface area contributed by atoms with E-state index in [1.165, 1.54) is 24.3 Å². The summed E-state index contributed by atoms with van der Waals surface area (Å²) in [4.78, 5) is 89.6. The number of non-ortho nitro benzene ring substituents is 2. The third-order valence-corrected chi connectivity index (χ3v) is 10.8. The van der Waals surface area contributed by atoms with Crippen LogP contribution in [0.5, 0.6) is 0 Å². The molecule has 0 saturated heterocycles. The summed E-state index contributed by atoms with van der Waals surface area (Å²) in [6.45, 7) is 9.79. The van der Waals surface area contributed by atoms with Gasteiger partial charge in [0.25, 0.3) is 45.1 Å². The van der Waals surface area contributed by atoms with Crippen LogP contribution in [0.1, 0.15) is 73.3 Å². The third kappa shape index (κ3) is 8.03. The molecule has 0 fully saturated rings. The highest BCUT2D eigenvalue weighted by atomic mass is 32.2. The number of imide groups is 2. The fourth-order valence-corrected chi connectivity index (χ4v) is 8.04. The number of pyridine rings is 2. The molecular weight excluding hydrogens is 825 g/mol. The van der Waals surface area contributed by atoms with E-state index in [1.807, 2.05) is 32.9 Å². The summed E-state index contributed by atoms with van der Waals surface area (Å²) in [5.74, 6) is -2.30. The topological polar surface area (TPSA) is 265 Å². The van der Waals surface area contributed by atoms with E-state index in [4.69, 9.17) is 4.55 Å². The Morgan fingerprint density at radius 1 is 0.645 bits per heavy atom. The lowest BCUT2D eigenvalue weighted by Crippen LogP contribution is -2.52. The smallest absolute Gasteiger partial charge is 0.270 e. The van der Waals surface area contributed by atoms with Crippen LogP contribution >= 0.6 is 0 Å². The number of hydrogen-bond donors (Lipinski definition) is 3. The van der Waals surface area contributed by atoms with Gasteiger partial charge in [-0.2, -0.15) is 8.42 Å². The molecule has 3 atom stereocenters. The second-order valence-electron chi connectivity index (χ2n) is 15.7. The fraction of sp³-hybridized carbons (Fsp3) is 0.286. The molecule has 320 valence electrons. The molecule has 0 saturated carbocycles. The lowest BCUT2D eigenvalue weighted by molar-refractivity contribution is -0.384. The summed E-state index contributed by atoms with van der Waals surface area (Å²) in [6.07, 6.45) is 3.98. The standard InChI is InChI=1S/C41H36N8O8.CH4O3S/c1-19-6-24-8-30-34-28(36(24)44-14-19)10-26(48(54)55)12-32(34)40(52)46(38(30)50)22(4)17-42-16-21(3)43-18-23(5)47-39(51)31-9-25-7-20(2)15-45-37(25)29-11-27(49(56)57)13-33(35(29)31)41(47)53;1-5(2,3)4/h6-15,21-23,42-43H,16-18H2,1-5H3;1H3,(H,2,3,4)/t21-,22-,23-;/m1./s1. The van der Waals surface area contributed by atoms with E-state index < -0.39 is 55.7 Å². The first-order valence-electron chi connectivity index (χ1n) is 19.3. The van der Waals surface area contributed by atoms with Gasteiger partial charge < -0.3 is 10.6 Å². The summed E-state index contributed by atoms with van der Waals surface area (Å²) in [7, 11) is -3.67. The summed E-state index contributed by atoms with van der Waals surface area (Å²) in [5.41, 5.74) is 2.70. The van der Waals surface area contributed by atoms with Gasteiger partial charge in [-0.3, -0.25) is 63.7 Å². The van der Waals surface area contributed by atoms with Crippen molar-refractivity contribution >= 4 is 88.5 Å². The number of rotatable bonds is 11. The zero-order valence-corrected chi connectivity index (χ0v) is 35.1. The van der Waals surface area contributed by atoms with E-state index in [-0.39, 0.29) is 52.8 Å². The second kappa shape index (κ2) is 16.2. The van der Waals surface area contributed by atoms with E-state index in [2.05, 4.69) is 20.6 Å². The van der Waals surface area contributed by atoms with Crippen molar-refractivity contribution in [2.24, 2.45) is 0 Å². The van der Waals surface area contributed by atoms with Crippen molar-refractivity contribution in [3.63, 3.8) is 0 Å². The first-order valence-corrected chi connectivity index (χ1v) is 21.1. The lowest BCUT2D eigenvalue weighted by Gasteiger charge is -2.33. The molecule has 2 aromatic heterocycles. The monoisotopic (exact) mass is 864 g/mol. The Morgan fingerprint density at radius 3 is 1.40 bits per heavy atom. The number of hydrogen-bond acceptors (Lipinski definition) is 14. The van der Waals surface area contributed by atoms with Crippen molar-refractivity contribution < 1.29 is 42.0 Å². The van der Waals surface area contributed by atoms with Gasteiger partial charge in [-0.15, -0.1) is 0 Å².